The van der Waals surface area contributed by atoms with Crippen molar-refractivity contribution in [3.05, 3.63) is 64.7 Å². The fourth-order valence-electron chi connectivity index (χ4n) is 2.35. The standard InChI is InChI=1S/C20H18ClN3O2S/c1-3-16(25)22-20-23-17(13-6-4-12(2)5-7-13)19(27-20)24-18(26)14-8-10-15(21)11-9-14/h4-11H,3H2,1-2H3,(H,24,26)(H,22,23,25). The van der Waals surface area contributed by atoms with Gasteiger partial charge in [0.1, 0.15) is 10.7 Å². The summed E-state index contributed by atoms with van der Waals surface area (Å²) in [6.45, 7) is 3.77. The first-order valence-corrected chi connectivity index (χ1v) is 9.60. The van der Waals surface area contributed by atoms with Crippen molar-refractivity contribution in [2.45, 2.75) is 20.3 Å². The second kappa shape index (κ2) is 8.33. The molecule has 0 fully saturated rings. The Balaban J connectivity index is 1.93. The van der Waals surface area contributed by atoms with E-state index in [0.717, 1.165) is 11.1 Å². The molecule has 138 valence electrons. The number of carbonyl (C=O) groups is 2. The van der Waals surface area contributed by atoms with Crippen molar-refractivity contribution in [1.29, 1.82) is 0 Å². The zero-order chi connectivity index (χ0) is 19.4. The SMILES string of the molecule is CCC(=O)Nc1nc(-c2ccc(C)cc2)c(NC(=O)c2ccc(Cl)cc2)s1. The molecule has 0 atom stereocenters. The molecule has 0 aliphatic heterocycles. The van der Waals surface area contributed by atoms with Crippen LogP contribution in [0.5, 0.6) is 0 Å². The van der Waals surface area contributed by atoms with Crippen LogP contribution in [-0.4, -0.2) is 16.8 Å². The van der Waals surface area contributed by atoms with E-state index in [2.05, 4.69) is 15.6 Å². The van der Waals surface area contributed by atoms with Gasteiger partial charge < -0.3 is 10.6 Å². The molecule has 0 bridgehead atoms. The van der Waals surface area contributed by atoms with Crippen LogP contribution >= 0.6 is 22.9 Å². The third-order valence-electron chi connectivity index (χ3n) is 3.85. The summed E-state index contributed by atoms with van der Waals surface area (Å²) in [5, 5.41) is 7.23. The van der Waals surface area contributed by atoms with Gasteiger partial charge in [-0.3, -0.25) is 9.59 Å². The number of rotatable bonds is 5. The number of carbonyl (C=O) groups excluding carboxylic acids is 2. The minimum atomic E-state index is -0.267. The monoisotopic (exact) mass is 399 g/mol. The molecule has 2 amide bonds. The van der Waals surface area contributed by atoms with E-state index in [9.17, 15) is 9.59 Å². The first-order valence-electron chi connectivity index (χ1n) is 8.41. The Morgan fingerprint density at radius 1 is 1.04 bits per heavy atom. The van der Waals surface area contributed by atoms with Crippen molar-refractivity contribution in [2.24, 2.45) is 0 Å². The summed E-state index contributed by atoms with van der Waals surface area (Å²) in [4.78, 5) is 28.8. The lowest BCUT2D eigenvalue weighted by molar-refractivity contribution is -0.115. The molecule has 1 aromatic heterocycles. The average molecular weight is 400 g/mol. The van der Waals surface area contributed by atoms with Gasteiger partial charge in [-0.15, -0.1) is 0 Å². The van der Waals surface area contributed by atoms with Gasteiger partial charge in [0.15, 0.2) is 5.13 Å². The van der Waals surface area contributed by atoms with E-state index in [1.165, 1.54) is 11.3 Å². The van der Waals surface area contributed by atoms with Crippen LogP contribution in [-0.2, 0) is 4.79 Å². The highest BCUT2D eigenvalue weighted by Gasteiger charge is 2.17. The molecule has 0 saturated carbocycles. The number of benzene rings is 2. The van der Waals surface area contributed by atoms with Gasteiger partial charge in [0, 0.05) is 22.6 Å². The van der Waals surface area contributed by atoms with Crippen LogP contribution in [0.1, 0.15) is 29.3 Å². The molecule has 3 aromatic rings. The molecular formula is C20H18ClN3O2S. The molecule has 0 aliphatic rings. The maximum absolute atomic E-state index is 12.6. The Morgan fingerprint density at radius 3 is 2.33 bits per heavy atom. The molecule has 0 radical (unpaired) electrons. The van der Waals surface area contributed by atoms with Gasteiger partial charge in [-0.2, -0.15) is 0 Å². The van der Waals surface area contributed by atoms with E-state index in [1.807, 2.05) is 31.2 Å². The molecule has 27 heavy (non-hydrogen) atoms. The van der Waals surface area contributed by atoms with Crippen LogP contribution in [0.2, 0.25) is 5.02 Å². The fraction of sp³-hybridized carbons (Fsp3) is 0.150. The number of nitrogens with zero attached hydrogens (tertiary/aromatic N) is 1. The van der Waals surface area contributed by atoms with Crippen LogP contribution in [0.15, 0.2) is 48.5 Å². The van der Waals surface area contributed by atoms with Gasteiger partial charge in [-0.1, -0.05) is 59.7 Å². The molecule has 1 heterocycles. The van der Waals surface area contributed by atoms with Crippen LogP contribution in [0.4, 0.5) is 10.1 Å². The topological polar surface area (TPSA) is 71.1 Å². The van der Waals surface area contributed by atoms with E-state index in [0.29, 0.717) is 32.8 Å². The van der Waals surface area contributed by atoms with E-state index in [-0.39, 0.29) is 11.8 Å². The van der Waals surface area contributed by atoms with Gasteiger partial charge in [-0.25, -0.2) is 4.98 Å². The lowest BCUT2D eigenvalue weighted by Crippen LogP contribution is -2.11. The Bertz CT molecular complexity index is 966. The van der Waals surface area contributed by atoms with Gasteiger partial charge in [0.25, 0.3) is 5.91 Å². The summed E-state index contributed by atoms with van der Waals surface area (Å²) in [7, 11) is 0. The third kappa shape index (κ3) is 4.72. The van der Waals surface area contributed by atoms with E-state index < -0.39 is 0 Å². The Kier molecular flexibility index (Phi) is 5.88. The molecule has 5 nitrogen and oxygen atoms in total. The predicted octanol–water partition coefficient (Wildman–Crippen LogP) is 5.37. The number of anilines is 2. The summed E-state index contributed by atoms with van der Waals surface area (Å²) in [6.07, 6.45) is 0.353. The van der Waals surface area contributed by atoms with Crippen LogP contribution in [0.25, 0.3) is 11.3 Å². The zero-order valence-corrected chi connectivity index (χ0v) is 16.4. The van der Waals surface area contributed by atoms with Crippen LogP contribution in [0, 0.1) is 6.92 Å². The molecule has 3 rings (SSSR count). The quantitative estimate of drug-likeness (QED) is 0.605. The lowest BCUT2D eigenvalue weighted by atomic mass is 10.1. The minimum Gasteiger partial charge on any atom is -0.312 e. The first-order chi connectivity index (χ1) is 13.0. The molecule has 0 unspecified atom stereocenters. The second-order valence-electron chi connectivity index (χ2n) is 5.93. The number of hydrogen-bond donors (Lipinski definition) is 2. The van der Waals surface area contributed by atoms with Crippen molar-refractivity contribution in [2.75, 3.05) is 10.6 Å². The van der Waals surface area contributed by atoms with Gasteiger partial charge >= 0.3 is 0 Å². The summed E-state index contributed by atoms with van der Waals surface area (Å²) in [6, 6.07) is 14.5. The Labute approximate surface area is 166 Å². The fourth-order valence-corrected chi connectivity index (χ4v) is 3.37. The van der Waals surface area contributed by atoms with Gasteiger partial charge in [0.05, 0.1) is 0 Å². The summed E-state index contributed by atoms with van der Waals surface area (Å²) >= 11 is 7.11. The smallest absolute Gasteiger partial charge is 0.256 e. The molecule has 0 saturated heterocycles. The molecule has 7 heteroatoms. The summed E-state index contributed by atoms with van der Waals surface area (Å²) < 4.78 is 0. The molecule has 2 N–H and O–H groups in total. The van der Waals surface area contributed by atoms with Crippen molar-refractivity contribution in [3.63, 3.8) is 0 Å². The van der Waals surface area contributed by atoms with Gasteiger partial charge in [0.2, 0.25) is 5.91 Å². The largest absolute Gasteiger partial charge is 0.312 e. The molecule has 2 aromatic carbocycles. The van der Waals surface area contributed by atoms with Crippen LogP contribution in [0.3, 0.4) is 0 Å². The van der Waals surface area contributed by atoms with Crippen molar-refractivity contribution in [3.8, 4) is 11.3 Å². The molecular weight excluding hydrogens is 382 g/mol. The lowest BCUT2D eigenvalue weighted by Gasteiger charge is -2.06. The van der Waals surface area contributed by atoms with Crippen LogP contribution < -0.4 is 10.6 Å². The first kappa shape index (κ1) is 19.1. The van der Waals surface area contributed by atoms with Crippen molar-refractivity contribution >= 4 is 44.9 Å². The number of nitrogens with one attached hydrogen (secondary N) is 2. The highest BCUT2D eigenvalue weighted by atomic mass is 35.5. The van der Waals surface area contributed by atoms with E-state index in [1.54, 1.807) is 31.2 Å². The average Bonchev–Trinajstić information content (AvgIpc) is 3.04. The number of amides is 2. The predicted molar refractivity (Wildman–Crippen MR) is 111 cm³/mol. The van der Waals surface area contributed by atoms with Gasteiger partial charge in [-0.05, 0) is 31.2 Å². The number of halogens is 1. The van der Waals surface area contributed by atoms with Crippen molar-refractivity contribution < 1.29 is 9.59 Å². The number of aromatic nitrogens is 1. The summed E-state index contributed by atoms with van der Waals surface area (Å²) in [5.41, 5.74) is 3.09. The normalized spacial score (nSPS) is 10.5. The highest BCUT2D eigenvalue weighted by Crippen LogP contribution is 2.36. The highest BCUT2D eigenvalue weighted by molar-refractivity contribution is 7.20. The number of hydrogen-bond acceptors (Lipinski definition) is 4. The maximum Gasteiger partial charge on any atom is 0.256 e. The minimum absolute atomic E-state index is 0.130. The third-order valence-corrected chi connectivity index (χ3v) is 4.99. The summed E-state index contributed by atoms with van der Waals surface area (Å²) in [5.74, 6) is -0.396. The van der Waals surface area contributed by atoms with E-state index >= 15 is 0 Å². The molecule has 0 spiro atoms. The number of thiazole rings is 1. The number of aryl methyl sites for hydroxylation is 1. The van der Waals surface area contributed by atoms with E-state index in [4.69, 9.17) is 11.6 Å². The molecule has 0 aliphatic carbocycles. The Morgan fingerprint density at radius 2 is 1.70 bits per heavy atom. The second-order valence-corrected chi connectivity index (χ2v) is 7.36. The van der Waals surface area contributed by atoms with Crippen molar-refractivity contribution in [1.82, 2.24) is 4.98 Å². The maximum atomic E-state index is 12.6. The zero-order valence-electron chi connectivity index (χ0n) is 14.9. The Hall–Kier alpha value is -2.70.